The number of anilines is 3. The number of ether oxygens (including phenoxy) is 1. The number of aromatic nitrogens is 6. The van der Waals surface area contributed by atoms with E-state index in [4.69, 9.17) is 10.00 Å². The van der Waals surface area contributed by atoms with E-state index in [1.807, 2.05) is 24.9 Å². The summed E-state index contributed by atoms with van der Waals surface area (Å²) < 4.78 is 46.6. The minimum absolute atomic E-state index is 0.166. The second kappa shape index (κ2) is 10.5. The second-order valence-electron chi connectivity index (χ2n) is 8.72. The lowest BCUT2D eigenvalue weighted by atomic mass is 10.2. The van der Waals surface area contributed by atoms with E-state index in [9.17, 15) is 13.2 Å². The molecule has 5 rings (SSSR count). The summed E-state index contributed by atoms with van der Waals surface area (Å²) in [7, 11) is 1.81. The van der Waals surface area contributed by atoms with Crippen LogP contribution in [0.5, 0.6) is 11.6 Å². The molecule has 14 heteroatoms. The smallest absolute Gasteiger partial charge is 0.282 e. The van der Waals surface area contributed by atoms with Crippen molar-refractivity contribution in [2.75, 3.05) is 36.4 Å². The highest BCUT2D eigenvalue weighted by Crippen LogP contribution is 2.31. The molecule has 1 aliphatic rings. The summed E-state index contributed by atoms with van der Waals surface area (Å²) in [6.07, 6.45) is -2.18. The highest BCUT2D eigenvalue weighted by Gasteiger charge is 2.30. The van der Waals surface area contributed by atoms with Crippen LogP contribution in [0.1, 0.15) is 11.3 Å². The zero-order valence-electron chi connectivity index (χ0n) is 20.5. The van der Waals surface area contributed by atoms with Gasteiger partial charge in [0.2, 0.25) is 12.2 Å². The fraction of sp³-hybridized carbons (Fsp3) is 0.333. The topological polar surface area (TPSA) is 121 Å². The molecule has 0 aromatic carbocycles. The molecule has 1 unspecified atom stereocenters. The van der Waals surface area contributed by atoms with Crippen LogP contribution >= 0.6 is 0 Å². The number of nitriles is 1. The number of hydrogen-bond acceptors (Lipinski definition) is 10. The van der Waals surface area contributed by atoms with Gasteiger partial charge in [0.25, 0.3) is 6.43 Å². The van der Waals surface area contributed by atoms with Crippen molar-refractivity contribution in [3.8, 4) is 17.7 Å². The van der Waals surface area contributed by atoms with Gasteiger partial charge in [0, 0.05) is 39.3 Å². The zero-order valence-corrected chi connectivity index (χ0v) is 20.5. The number of pyridine rings is 2. The molecule has 0 spiro atoms. The van der Waals surface area contributed by atoms with Crippen molar-refractivity contribution >= 4 is 28.5 Å². The van der Waals surface area contributed by atoms with Crippen LogP contribution in [-0.4, -0.2) is 73.5 Å². The van der Waals surface area contributed by atoms with Gasteiger partial charge in [-0.3, -0.25) is 4.90 Å². The summed E-state index contributed by atoms with van der Waals surface area (Å²) in [5.41, 5.74) is 2.77. The SMILES string of the molecule is Cc1cc(C#N)ncc1Oc1cc(Nc2ccc(N3CCN(C(F)C(F)F)CC3)nn2)c2ncn(C)c2n1. The maximum absolute atomic E-state index is 13.6. The number of piperazine rings is 1. The number of hydrogen-bond donors (Lipinski definition) is 1. The standard InChI is InChI=1S/C24H23F3N10O/c1-14-9-15(11-28)29-12-17(14)38-20-10-16(21-24(32-20)35(2)13-30-21)31-18-3-4-19(34-33-18)36-5-7-37(8-6-36)23(27)22(25)26/h3-4,9-10,12-13,22-23H,5-8H2,1-2H3,(H,31,32,33). The Balaban J connectivity index is 1.33. The van der Waals surface area contributed by atoms with Crippen molar-refractivity contribution < 1.29 is 17.9 Å². The van der Waals surface area contributed by atoms with Gasteiger partial charge in [-0.05, 0) is 30.7 Å². The van der Waals surface area contributed by atoms with Crippen LogP contribution in [0, 0.1) is 18.3 Å². The first-order chi connectivity index (χ1) is 18.3. The zero-order chi connectivity index (χ0) is 26.8. The predicted molar refractivity (Wildman–Crippen MR) is 132 cm³/mol. The monoisotopic (exact) mass is 524 g/mol. The van der Waals surface area contributed by atoms with Crippen molar-refractivity contribution in [3.63, 3.8) is 0 Å². The molecule has 38 heavy (non-hydrogen) atoms. The summed E-state index contributed by atoms with van der Waals surface area (Å²) in [6.45, 7) is 2.86. The van der Waals surface area contributed by atoms with Gasteiger partial charge in [0.05, 0.1) is 18.2 Å². The molecule has 1 fully saturated rings. The Hall–Kier alpha value is -4.51. The molecular weight excluding hydrogens is 501 g/mol. The third-order valence-electron chi connectivity index (χ3n) is 6.15. The molecule has 0 radical (unpaired) electrons. The van der Waals surface area contributed by atoms with Crippen molar-refractivity contribution in [2.45, 2.75) is 19.6 Å². The summed E-state index contributed by atoms with van der Waals surface area (Å²) >= 11 is 0. The first-order valence-electron chi connectivity index (χ1n) is 11.7. The highest BCUT2D eigenvalue weighted by atomic mass is 19.3. The lowest BCUT2D eigenvalue weighted by Gasteiger charge is -2.36. The van der Waals surface area contributed by atoms with E-state index in [0.717, 1.165) is 10.5 Å². The average Bonchev–Trinajstić information content (AvgIpc) is 3.30. The van der Waals surface area contributed by atoms with Gasteiger partial charge in [-0.15, -0.1) is 10.2 Å². The largest absolute Gasteiger partial charge is 0.437 e. The van der Waals surface area contributed by atoms with Crippen LogP contribution in [0.4, 0.5) is 30.5 Å². The van der Waals surface area contributed by atoms with Gasteiger partial charge in [-0.25, -0.2) is 23.1 Å². The molecule has 4 aromatic heterocycles. The van der Waals surface area contributed by atoms with E-state index >= 15 is 0 Å². The maximum Gasteiger partial charge on any atom is 0.282 e. The van der Waals surface area contributed by atoms with E-state index in [-0.39, 0.29) is 24.7 Å². The molecule has 1 saturated heterocycles. The Labute approximate surface area is 215 Å². The first-order valence-corrected chi connectivity index (χ1v) is 11.7. The first kappa shape index (κ1) is 25.2. The van der Waals surface area contributed by atoms with Crippen molar-refractivity contribution in [1.29, 1.82) is 5.26 Å². The summed E-state index contributed by atoms with van der Waals surface area (Å²) in [4.78, 5) is 16.0. The highest BCUT2D eigenvalue weighted by molar-refractivity contribution is 5.88. The quantitative estimate of drug-likeness (QED) is 0.359. The number of nitrogens with one attached hydrogen (secondary N) is 1. The van der Waals surface area contributed by atoms with Gasteiger partial charge >= 0.3 is 0 Å². The number of aryl methyl sites for hydroxylation is 2. The Kier molecular flexibility index (Phi) is 6.93. The molecule has 0 aliphatic carbocycles. The molecule has 0 bridgehead atoms. The molecule has 0 saturated carbocycles. The van der Waals surface area contributed by atoms with E-state index < -0.39 is 12.7 Å². The summed E-state index contributed by atoms with van der Waals surface area (Å²) in [5, 5.41) is 20.7. The molecule has 0 amide bonds. The van der Waals surface area contributed by atoms with Crippen LogP contribution in [-0.2, 0) is 7.05 Å². The average molecular weight is 525 g/mol. The fourth-order valence-corrected chi connectivity index (χ4v) is 4.10. The molecule has 1 atom stereocenters. The second-order valence-corrected chi connectivity index (χ2v) is 8.72. The number of halogens is 3. The minimum atomic E-state index is -3.03. The van der Waals surface area contributed by atoms with Gasteiger partial charge in [-0.2, -0.15) is 10.2 Å². The molecule has 1 N–H and O–H groups in total. The third kappa shape index (κ3) is 5.14. The number of imidazole rings is 1. The fourth-order valence-electron chi connectivity index (χ4n) is 4.10. The Morgan fingerprint density at radius 2 is 1.87 bits per heavy atom. The molecule has 4 aromatic rings. The van der Waals surface area contributed by atoms with Crippen LogP contribution in [0.15, 0.2) is 36.8 Å². The molecule has 196 valence electrons. The van der Waals surface area contributed by atoms with E-state index in [1.54, 1.807) is 35.2 Å². The third-order valence-corrected chi connectivity index (χ3v) is 6.15. The molecule has 1 aliphatic heterocycles. The lowest BCUT2D eigenvalue weighted by molar-refractivity contribution is -0.0506. The summed E-state index contributed by atoms with van der Waals surface area (Å²) in [6, 6.07) is 8.79. The van der Waals surface area contributed by atoms with Crippen LogP contribution in [0.2, 0.25) is 0 Å². The number of nitrogens with zero attached hydrogens (tertiary/aromatic N) is 9. The number of alkyl halides is 3. The lowest BCUT2D eigenvalue weighted by Crippen LogP contribution is -2.51. The van der Waals surface area contributed by atoms with Gasteiger partial charge < -0.3 is 19.5 Å². The van der Waals surface area contributed by atoms with Crippen LogP contribution < -0.4 is 15.0 Å². The van der Waals surface area contributed by atoms with Crippen molar-refractivity contribution in [3.05, 3.63) is 48.0 Å². The maximum atomic E-state index is 13.6. The predicted octanol–water partition coefficient (Wildman–Crippen LogP) is 3.55. The van der Waals surface area contributed by atoms with Crippen molar-refractivity contribution in [1.82, 2.24) is 34.6 Å². The molecular formula is C24H23F3N10O. The Bertz CT molecular complexity index is 1480. The van der Waals surface area contributed by atoms with Gasteiger partial charge in [0.15, 0.2) is 23.0 Å². The number of fused-ring (bicyclic) bond motifs is 1. The van der Waals surface area contributed by atoms with E-state index in [2.05, 4.69) is 30.5 Å². The minimum Gasteiger partial charge on any atom is -0.437 e. The number of rotatable bonds is 7. The molecule has 11 nitrogen and oxygen atoms in total. The van der Waals surface area contributed by atoms with Gasteiger partial charge in [-0.1, -0.05) is 0 Å². The Morgan fingerprint density at radius 1 is 1.08 bits per heavy atom. The van der Waals surface area contributed by atoms with E-state index in [0.29, 0.717) is 47.3 Å². The normalized spacial score (nSPS) is 15.0. The van der Waals surface area contributed by atoms with Gasteiger partial charge in [0.1, 0.15) is 17.3 Å². The Morgan fingerprint density at radius 3 is 2.53 bits per heavy atom. The van der Waals surface area contributed by atoms with E-state index in [1.165, 1.54) is 6.20 Å². The van der Waals surface area contributed by atoms with Crippen molar-refractivity contribution in [2.24, 2.45) is 7.05 Å². The molecule has 5 heterocycles. The summed E-state index contributed by atoms with van der Waals surface area (Å²) in [5.74, 6) is 1.75. The van der Waals surface area contributed by atoms with Crippen LogP contribution in [0.25, 0.3) is 11.2 Å². The van der Waals surface area contributed by atoms with Crippen LogP contribution in [0.3, 0.4) is 0 Å².